The number of nitrogens with one attached hydrogen (secondary N) is 3. The number of rotatable bonds is 8. The van der Waals surface area contributed by atoms with Crippen LogP contribution in [0.25, 0.3) is 0 Å². The van der Waals surface area contributed by atoms with Crippen molar-refractivity contribution >= 4 is 47.2 Å². The second kappa shape index (κ2) is 12.5. The maximum atomic E-state index is 11.5. The molecule has 0 aliphatic carbocycles. The number of guanidine groups is 1. The molecule has 6 nitrogen and oxygen atoms in total. The Morgan fingerprint density at radius 2 is 1.91 bits per heavy atom. The Labute approximate surface area is 160 Å². The minimum atomic E-state index is 0. The largest absolute Gasteiger partial charge is 0.357 e. The molecular formula is C15H28IN5OS. The molecule has 0 radical (unpaired) electrons. The normalized spacial score (nSPS) is 10.9. The van der Waals surface area contributed by atoms with E-state index in [2.05, 4.69) is 32.9 Å². The van der Waals surface area contributed by atoms with Crippen LogP contribution < -0.4 is 16.0 Å². The lowest BCUT2D eigenvalue weighted by Gasteiger charge is -2.10. The van der Waals surface area contributed by atoms with Crippen molar-refractivity contribution in [2.24, 2.45) is 4.99 Å². The Hall–Kier alpha value is -0.900. The van der Waals surface area contributed by atoms with Crippen molar-refractivity contribution in [2.45, 2.75) is 47.1 Å². The topological polar surface area (TPSA) is 78.4 Å². The lowest BCUT2D eigenvalue weighted by Crippen LogP contribution is -2.39. The summed E-state index contributed by atoms with van der Waals surface area (Å²) in [4.78, 5) is 21.8. The van der Waals surface area contributed by atoms with E-state index in [-0.39, 0.29) is 29.9 Å². The van der Waals surface area contributed by atoms with Crippen LogP contribution in [0, 0.1) is 13.8 Å². The number of carbonyl (C=O) groups is 1. The minimum Gasteiger partial charge on any atom is -0.357 e. The first-order chi connectivity index (χ1) is 10.6. The second-order valence-electron chi connectivity index (χ2n) is 4.97. The van der Waals surface area contributed by atoms with E-state index in [0.29, 0.717) is 19.5 Å². The summed E-state index contributed by atoms with van der Waals surface area (Å²) in [5.74, 6) is 0.785. The molecule has 0 unspecified atom stereocenters. The van der Waals surface area contributed by atoms with Crippen LogP contribution in [0.4, 0.5) is 0 Å². The van der Waals surface area contributed by atoms with E-state index in [1.165, 1.54) is 4.88 Å². The molecule has 8 heteroatoms. The fourth-order valence-electron chi connectivity index (χ4n) is 1.74. The third-order valence-electron chi connectivity index (χ3n) is 3.01. The summed E-state index contributed by atoms with van der Waals surface area (Å²) < 4.78 is 0. The van der Waals surface area contributed by atoms with E-state index in [0.717, 1.165) is 36.2 Å². The van der Waals surface area contributed by atoms with Crippen LogP contribution in [-0.2, 0) is 11.3 Å². The van der Waals surface area contributed by atoms with Gasteiger partial charge in [0.1, 0.15) is 5.01 Å². The molecule has 0 fully saturated rings. The molecule has 0 aliphatic rings. The summed E-state index contributed by atoms with van der Waals surface area (Å²) in [6.07, 6.45) is 1.40. The number of nitrogens with zero attached hydrogens (tertiary/aromatic N) is 2. The molecule has 0 saturated heterocycles. The SMILES string of the molecule is CCCNC(=O)CCNC(=NCc1nc(C)c(C)s1)NCC.I. The second-order valence-corrected chi connectivity index (χ2v) is 6.26. The van der Waals surface area contributed by atoms with Gasteiger partial charge in [0.2, 0.25) is 5.91 Å². The first-order valence-electron chi connectivity index (χ1n) is 7.78. The highest BCUT2D eigenvalue weighted by atomic mass is 127. The van der Waals surface area contributed by atoms with E-state index in [1.54, 1.807) is 11.3 Å². The monoisotopic (exact) mass is 453 g/mol. The molecule has 1 rings (SSSR count). The average molecular weight is 453 g/mol. The Balaban J connectivity index is 0.00000484. The van der Waals surface area contributed by atoms with E-state index >= 15 is 0 Å². The Morgan fingerprint density at radius 3 is 2.48 bits per heavy atom. The summed E-state index contributed by atoms with van der Waals surface area (Å²) in [6.45, 7) is 10.8. The maximum Gasteiger partial charge on any atom is 0.221 e. The highest BCUT2D eigenvalue weighted by molar-refractivity contribution is 14.0. The molecule has 1 aromatic rings. The predicted molar refractivity (Wildman–Crippen MR) is 108 cm³/mol. The fourth-order valence-corrected chi connectivity index (χ4v) is 2.60. The van der Waals surface area contributed by atoms with Crippen LogP contribution in [0.15, 0.2) is 4.99 Å². The van der Waals surface area contributed by atoms with Gasteiger partial charge in [-0.3, -0.25) is 4.79 Å². The maximum absolute atomic E-state index is 11.5. The molecule has 23 heavy (non-hydrogen) atoms. The summed E-state index contributed by atoms with van der Waals surface area (Å²) in [6, 6.07) is 0. The van der Waals surface area contributed by atoms with E-state index in [1.807, 2.05) is 20.8 Å². The van der Waals surface area contributed by atoms with Gasteiger partial charge in [0, 0.05) is 30.9 Å². The highest BCUT2D eigenvalue weighted by Crippen LogP contribution is 2.16. The van der Waals surface area contributed by atoms with Crippen molar-refractivity contribution in [3.05, 3.63) is 15.6 Å². The van der Waals surface area contributed by atoms with Crippen LogP contribution in [0.1, 0.15) is 42.3 Å². The van der Waals surface area contributed by atoms with Crippen LogP contribution in [-0.4, -0.2) is 36.5 Å². The molecule has 0 atom stereocenters. The van der Waals surface area contributed by atoms with Crippen molar-refractivity contribution < 1.29 is 4.79 Å². The number of aromatic nitrogens is 1. The molecule has 0 spiro atoms. The lowest BCUT2D eigenvalue weighted by molar-refractivity contribution is -0.120. The van der Waals surface area contributed by atoms with Crippen molar-refractivity contribution in [1.82, 2.24) is 20.9 Å². The van der Waals surface area contributed by atoms with Gasteiger partial charge in [-0.1, -0.05) is 6.92 Å². The highest BCUT2D eigenvalue weighted by Gasteiger charge is 2.05. The number of aryl methyl sites for hydroxylation is 2. The minimum absolute atomic E-state index is 0. The number of halogens is 1. The van der Waals surface area contributed by atoms with Crippen LogP contribution in [0.2, 0.25) is 0 Å². The number of thiazole rings is 1. The van der Waals surface area contributed by atoms with Gasteiger partial charge < -0.3 is 16.0 Å². The van der Waals surface area contributed by atoms with Gasteiger partial charge in [-0.2, -0.15) is 0 Å². The fraction of sp³-hybridized carbons (Fsp3) is 0.667. The quantitative estimate of drug-likeness (QED) is 0.321. The first-order valence-corrected chi connectivity index (χ1v) is 8.60. The average Bonchev–Trinajstić information content (AvgIpc) is 2.81. The lowest BCUT2D eigenvalue weighted by atomic mass is 10.4. The standard InChI is InChI=1S/C15H27N5OS.HI/c1-5-8-17-13(21)7-9-18-15(16-6-2)19-10-14-20-11(3)12(4)22-14;/h5-10H2,1-4H3,(H,17,21)(H2,16,18,19);1H. The molecule has 0 aliphatic heterocycles. The zero-order valence-electron chi connectivity index (χ0n) is 14.4. The molecule has 1 amide bonds. The van der Waals surface area contributed by atoms with E-state index < -0.39 is 0 Å². The Kier molecular flexibility index (Phi) is 12.0. The van der Waals surface area contributed by atoms with E-state index in [9.17, 15) is 4.79 Å². The van der Waals surface area contributed by atoms with E-state index in [4.69, 9.17) is 0 Å². The van der Waals surface area contributed by atoms with Gasteiger partial charge >= 0.3 is 0 Å². The first kappa shape index (κ1) is 22.1. The third kappa shape index (κ3) is 9.09. The van der Waals surface area contributed by atoms with Crippen molar-refractivity contribution in [3.8, 4) is 0 Å². The van der Waals surface area contributed by atoms with Crippen LogP contribution in [0.3, 0.4) is 0 Å². The van der Waals surface area contributed by atoms with Crippen LogP contribution >= 0.6 is 35.3 Å². The smallest absolute Gasteiger partial charge is 0.221 e. The molecular weight excluding hydrogens is 425 g/mol. The number of amides is 1. The molecule has 1 aromatic heterocycles. The number of hydrogen-bond donors (Lipinski definition) is 3. The molecule has 0 aromatic carbocycles. The number of hydrogen-bond acceptors (Lipinski definition) is 4. The number of carbonyl (C=O) groups excluding carboxylic acids is 1. The Morgan fingerprint density at radius 1 is 1.17 bits per heavy atom. The summed E-state index contributed by atoms with van der Waals surface area (Å²) in [5.41, 5.74) is 1.07. The van der Waals surface area contributed by atoms with Gasteiger partial charge in [0.15, 0.2) is 5.96 Å². The zero-order chi connectivity index (χ0) is 16.4. The molecule has 132 valence electrons. The van der Waals surface area contributed by atoms with Gasteiger partial charge in [0.25, 0.3) is 0 Å². The summed E-state index contributed by atoms with van der Waals surface area (Å²) >= 11 is 1.67. The van der Waals surface area contributed by atoms with Gasteiger partial charge in [-0.05, 0) is 27.2 Å². The summed E-state index contributed by atoms with van der Waals surface area (Å²) in [7, 11) is 0. The van der Waals surface area contributed by atoms with Gasteiger partial charge in [-0.25, -0.2) is 9.98 Å². The van der Waals surface area contributed by atoms with Crippen molar-refractivity contribution in [3.63, 3.8) is 0 Å². The van der Waals surface area contributed by atoms with Crippen molar-refractivity contribution in [1.29, 1.82) is 0 Å². The third-order valence-corrected chi connectivity index (χ3v) is 4.06. The van der Waals surface area contributed by atoms with Crippen molar-refractivity contribution in [2.75, 3.05) is 19.6 Å². The molecule has 0 saturated carbocycles. The Bertz CT molecular complexity index is 485. The molecule has 3 N–H and O–H groups in total. The van der Waals surface area contributed by atoms with Gasteiger partial charge in [-0.15, -0.1) is 35.3 Å². The summed E-state index contributed by atoms with van der Waals surface area (Å²) in [5, 5.41) is 10.2. The predicted octanol–water partition coefficient (Wildman–Crippen LogP) is 2.35. The van der Waals surface area contributed by atoms with Crippen LogP contribution in [0.5, 0.6) is 0 Å². The zero-order valence-corrected chi connectivity index (χ0v) is 17.5. The number of aliphatic imine (C=N–C) groups is 1. The molecule has 0 bridgehead atoms. The molecule has 1 heterocycles. The van der Waals surface area contributed by atoms with Gasteiger partial charge in [0.05, 0.1) is 12.2 Å².